The Labute approximate surface area is 115 Å². The minimum atomic E-state index is 0.812. The highest BCUT2D eigenvalue weighted by atomic mass is 14.7. The first kappa shape index (κ1) is 11.6. The molecule has 19 heavy (non-hydrogen) atoms. The Bertz CT molecular complexity index is 585. The molecule has 0 bridgehead atoms. The van der Waals surface area contributed by atoms with Gasteiger partial charge in [-0.1, -0.05) is 37.8 Å². The van der Waals surface area contributed by atoms with Gasteiger partial charge in [0.15, 0.2) is 0 Å². The van der Waals surface area contributed by atoms with E-state index in [-0.39, 0.29) is 0 Å². The second kappa shape index (κ2) is 4.70. The first-order valence-electron chi connectivity index (χ1n) is 8.06. The van der Waals surface area contributed by atoms with Crippen LogP contribution in [0.25, 0.3) is 10.9 Å². The molecule has 1 heterocycles. The summed E-state index contributed by atoms with van der Waals surface area (Å²) in [6.45, 7) is 0. The summed E-state index contributed by atoms with van der Waals surface area (Å²) in [4.78, 5) is 3.67. The molecule has 0 amide bonds. The van der Waals surface area contributed by atoms with Crippen molar-refractivity contribution in [2.75, 3.05) is 0 Å². The van der Waals surface area contributed by atoms with E-state index in [9.17, 15) is 0 Å². The van der Waals surface area contributed by atoms with E-state index in [1.807, 2.05) is 0 Å². The lowest BCUT2D eigenvalue weighted by atomic mass is 9.88. The molecule has 0 aliphatic heterocycles. The van der Waals surface area contributed by atoms with Gasteiger partial charge in [0, 0.05) is 16.6 Å². The molecule has 2 aliphatic rings. The Kier molecular flexibility index (Phi) is 2.86. The Balaban J connectivity index is 1.84. The van der Waals surface area contributed by atoms with Crippen LogP contribution in [0, 0.1) is 0 Å². The predicted octanol–water partition coefficient (Wildman–Crippen LogP) is 5.09. The van der Waals surface area contributed by atoms with Crippen molar-refractivity contribution in [1.82, 2.24) is 4.98 Å². The van der Waals surface area contributed by atoms with E-state index >= 15 is 0 Å². The molecule has 2 aliphatic carbocycles. The van der Waals surface area contributed by atoms with Crippen LogP contribution in [0.2, 0.25) is 0 Å². The highest BCUT2D eigenvalue weighted by Gasteiger charge is 2.22. The third-order valence-electron chi connectivity index (χ3n) is 5.20. The summed E-state index contributed by atoms with van der Waals surface area (Å²) < 4.78 is 0. The number of hydrogen-bond donors (Lipinski definition) is 1. The molecule has 1 saturated carbocycles. The molecular weight excluding hydrogens is 230 g/mol. The minimum absolute atomic E-state index is 0.812. The van der Waals surface area contributed by atoms with Gasteiger partial charge in [-0.05, 0) is 55.2 Å². The lowest BCUT2D eigenvalue weighted by Gasteiger charge is -2.16. The van der Waals surface area contributed by atoms with Crippen molar-refractivity contribution in [3.63, 3.8) is 0 Å². The Hall–Kier alpha value is -1.24. The summed E-state index contributed by atoms with van der Waals surface area (Å²) in [5.41, 5.74) is 6.22. The van der Waals surface area contributed by atoms with Crippen LogP contribution in [0.15, 0.2) is 18.2 Å². The number of fused-ring (bicyclic) bond motifs is 3. The van der Waals surface area contributed by atoms with Gasteiger partial charge in [0.25, 0.3) is 0 Å². The highest BCUT2D eigenvalue weighted by Crippen LogP contribution is 2.39. The molecule has 1 fully saturated rings. The largest absolute Gasteiger partial charge is 0.358 e. The van der Waals surface area contributed by atoms with Gasteiger partial charge in [-0.15, -0.1) is 0 Å². The van der Waals surface area contributed by atoms with Crippen LogP contribution < -0.4 is 0 Å². The normalized spacial score (nSPS) is 20.6. The third-order valence-corrected chi connectivity index (χ3v) is 5.20. The van der Waals surface area contributed by atoms with Gasteiger partial charge in [-0.2, -0.15) is 0 Å². The van der Waals surface area contributed by atoms with Gasteiger partial charge in [-0.25, -0.2) is 0 Å². The van der Waals surface area contributed by atoms with E-state index in [1.165, 1.54) is 69.0 Å². The molecule has 1 aromatic heterocycles. The van der Waals surface area contributed by atoms with Crippen LogP contribution in [0.1, 0.15) is 67.7 Å². The van der Waals surface area contributed by atoms with E-state index in [0.717, 1.165) is 5.92 Å². The van der Waals surface area contributed by atoms with Crippen molar-refractivity contribution in [2.24, 2.45) is 0 Å². The van der Waals surface area contributed by atoms with Gasteiger partial charge in [-0.3, -0.25) is 0 Å². The van der Waals surface area contributed by atoms with Crippen LogP contribution in [0.5, 0.6) is 0 Å². The molecule has 100 valence electrons. The van der Waals surface area contributed by atoms with Crippen LogP contribution in [-0.4, -0.2) is 4.98 Å². The molecule has 1 N–H and O–H groups in total. The topological polar surface area (TPSA) is 15.8 Å². The molecule has 0 unspecified atom stereocenters. The molecule has 1 aromatic carbocycles. The summed E-state index contributed by atoms with van der Waals surface area (Å²) in [5.74, 6) is 0.812. The zero-order valence-electron chi connectivity index (χ0n) is 11.7. The fourth-order valence-corrected chi connectivity index (χ4v) is 4.26. The lowest BCUT2D eigenvalue weighted by Crippen LogP contribution is -1.98. The highest BCUT2D eigenvalue weighted by molar-refractivity contribution is 5.89. The number of aromatic amines is 1. The van der Waals surface area contributed by atoms with Crippen LogP contribution in [-0.2, 0) is 12.8 Å². The first-order valence-corrected chi connectivity index (χ1v) is 8.06. The van der Waals surface area contributed by atoms with Gasteiger partial charge in [0.1, 0.15) is 0 Å². The Morgan fingerprint density at radius 2 is 1.74 bits per heavy atom. The standard InChI is InChI=1S/C18H23N/c1-2-4-8-13(7-3-1)14-9-5-12-17-18(14)15-10-6-11-16(15)19-17/h5,9,12-13,19H,1-4,6-8,10-11H2. The zero-order valence-corrected chi connectivity index (χ0v) is 11.7. The van der Waals surface area contributed by atoms with Crippen molar-refractivity contribution in [3.8, 4) is 0 Å². The molecule has 0 radical (unpaired) electrons. The SMILES string of the molecule is c1cc(C2CCCCCC2)c2c3c([nH]c2c1)CCC3. The first-order chi connectivity index (χ1) is 9.43. The molecule has 1 nitrogen and oxygen atoms in total. The van der Waals surface area contributed by atoms with Crippen LogP contribution >= 0.6 is 0 Å². The molecule has 0 atom stereocenters. The molecule has 1 heteroatoms. The number of nitrogens with one attached hydrogen (secondary N) is 1. The number of aryl methyl sites for hydroxylation is 2. The minimum Gasteiger partial charge on any atom is -0.358 e. The number of benzene rings is 1. The Morgan fingerprint density at radius 1 is 0.895 bits per heavy atom. The number of H-pyrrole nitrogens is 1. The van der Waals surface area contributed by atoms with Gasteiger partial charge in [0.05, 0.1) is 0 Å². The van der Waals surface area contributed by atoms with Crippen molar-refractivity contribution in [2.45, 2.75) is 63.7 Å². The molecule has 4 rings (SSSR count). The predicted molar refractivity (Wildman–Crippen MR) is 80.8 cm³/mol. The maximum Gasteiger partial charge on any atom is 0.0461 e. The van der Waals surface area contributed by atoms with E-state index in [1.54, 1.807) is 16.5 Å². The number of hydrogen-bond acceptors (Lipinski definition) is 0. The van der Waals surface area contributed by atoms with E-state index in [2.05, 4.69) is 23.2 Å². The molecule has 0 spiro atoms. The summed E-state index contributed by atoms with van der Waals surface area (Å²) in [6, 6.07) is 6.94. The number of rotatable bonds is 1. The Morgan fingerprint density at radius 3 is 2.58 bits per heavy atom. The van der Waals surface area contributed by atoms with E-state index in [4.69, 9.17) is 0 Å². The van der Waals surface area contributed by atoms with Gasteiger partial charge in [0.2, 0.25) is 0 Å². The van der Waals surface area contributed by atoms with Crippen LogP contribution in [0.3, 0.4) is 0 Å². The van der Waals surface area contributed by atoms with Crippen molar-refractivity contribution < 1.29 is 0 Å². The average Bonchev–Trinajstić information content (AvgIpc) is 2.89. The maximum atomic E-state index is 3.67. The molecule has 0 saturated heterocycles. The fraction of sp³-hybridized carbons (Fsp3) is 0.556. The fourth-order valence-electron chi connectivity index (χ4n) is 4.26. The molecular formula is C18H23N. The monoisotopic (exact) mass is 253 g/mol. The average molecular weight is 253 g/mol. The van der Waals surface area contributed by atoms with Crippen molar-refractivity contribution in [1.29, 1.82) is 0 Å². The maximum absolute atomic E-state index is 3.67. The van der Waals surface area contributed by atoms with Gasteiger partial charge >= 0.3 is 0 Å². The quantitative estimate of drug-likeness (QED) is 0.681. The second-order valence-electron chi connectivity index (χ2n) is 6.39. The number of aromatic nitrogens is 1. The van der Waals surface area contributed by atoms with Crippen LogP contribution in [0.4, 0.5) is 0 Å². The zero-order chi connectivity index (χ0) is 12.7. The third kappa shape index (κ3) is 1.91. The second-order valence-corrected chi connectivity index (χ2v) is 6.39. The van der Waals surface area contributed by atoms with E-state index in [0.29, 0.717) is 0 Å². The lowest BCUT2D eigenvalue weighted by molar-refractivity contribution is 0.596. The summed E-state index contributed by atoms with van der Waals surface area (Å²) >= 11 is 0. The summed E-state index contributed by atoms with van der Waals surface area (Å²) in [6.07, 6.45) is 12.4. The smallest absolute Gasteiger partial charge is 0.0461 e. The van der Waals surface area contributed by atoms with E-state index < -0.39 is 0 Å². The summed E-state index contributed by atoms with van der Waals surface area (Å²) in [5, 5.41) is 1.60. The van der Waals surface area contributed by atoms with Crippen molar-refractivity contribution in [3.05, 3.63) is 35.0 Å². The van der Waals surface area contributed by atoms with Gasteiger partial charge < -0.3 is 4.98 Å². The van der Waals surface area contributed by atoms with Crippen molar-refractivity contribution >= 4 is 10.9 Å². The molecule has 2 aromatic rings. The summed E-state index contributed by atoms with van der Waals surface area (Å²) in [7, 11) is 0.